The van der Waals surface area contributed by atoms with E-state index < -0.39 is 16.7 Å². The van der Waals surface area contributed by atoms with E-state index in [-0.39, 0.29) is 13.2 Å². The third-order valence-electron chi connectivity index (χ3n) is 1.78. The Hall–Kier alpha value is -1.14. The van der Waals surface area contributed by atoms with E-state index >= 15 is 0 Å². The molecule has 0 unspecified atom stereocenters. The minimum absolute atomic E-state index is 0.0370. The molecule has 0 aliphatic carbocycles. The monoisotopic (exact) mass is 161 g/mol. The van der Waals surface area contributed by atoms with Gasteiger partial charge in [-0.1, -0.05) is 0 Å². The van der Waals surface area contributed by atoms with Crippen molar-refractivity contribution in [3.8, 4) is 0 Å². The third-order valence-corrected chi connectivity index (χ3v) is 1.78. The standard InChI is InChI=1S/C5H8N2O4/c8-4(9)7(5(10)11)2-1-6-3-7/h6H,1-3H2,(H-,8,9,10,11)/p+1. The van der Waals surface area contributed by atoms with Gasteiger partial charge in [-0.2, -0.15) is 9.59 Å². The summed E-state index contributed by atoms with van der Waals surface area (Å²) in [5.74, 6) is 0. The van der Waals surface area contributed by atoms with Gasteiger partial charge in [-0.25, -0.2) is 0 Å². The van der Waals surface area contributed by atoms with Gasteiger partial charge in [-0.3, -0.25) is 5.32 Å². The molecule has 0 saturated carbocycles. The van der Waals surface area contributed by atoms with Crippen LogP contribution in [0.3, 0.4) is 0 Å². The lowest BCUT2D eigenvalue weighted by molar-refractivity contribution is -0.771. The van der Waals surface area contributed by atoms with Crippen molar-refractivity contribution >= 4 is 12.2 Å². The van der Waals surface area contributed by atoms with Crippen LogP contribution in [-0.2, 0) is 0 Å². The number of nitrogens with zero attached hydrogens (tertiary/aromatic N) is 1. The van der Waals surface area contributed by atoms with Crippen LogP contribution in [-0.4, -0.2) is 46.6 Å². The minimum Gasteiger partial charge on any atom is -0.435 e. The van der Waals surface area contributed by atoms with Crippen LogP contribution in [0, 0.1) is 0 Å². The van der Waals surface area contributed by atoms with Gasteiger partial charge in [0.15, 0.2) is 6.67 Å². The topological polar surface area (TPSA) is 86.6 Å². The van der Waals surface area contributed by atoms with Gasteiger partial charge in [0.2, 0.25) is 0 Å². The largest absolute Gasteiger partial charge is 0.525 e. The van der Waals surface area contributed by atoms with Gasteiger partial charge in [0.25, 0.3) is 0 Å². The van der Waals surface area contributed by atoms with E-state index in [1.807, 2.05) is 0 Å². The lowest BCUT2D eigenvalue weighted by atomic mass is 10.5. The number of nitrogens with one attached hydrogen (secondary N) is 1. The Morgan fingerprint density at radius 2 is 1.82 bits per heavy atom. The second-order valence-corrected chi connectivity index (χ2v) is 2.41. The normalized spacial score (nSPS) is 21.5. The van der Waals surface area contributed by atoms with E-state index in [0.29, 0.717) is 6.54 Å². The Bertz CT molecular complexity index is 181. The van der Waals surface area contributed by atoms with E-state index in [0.717, 1.165) is 0 Å². The highest BCUT2D eigenvalue weighted by Gasteiger charge is 2.48. The van der Waals surface area contributed by atoms with Crippen LogP contribution in [0.1, 0.15) is 0 Å². The minimum atomic E-state index is -1.32. The van der Waals surface area contributed by atoms with E-state index in [9.17, 15) is 9.59 Å². The molecule has 0 aromatic heterocycles. The number of hydrogen-bond acceptors (Lipinski definition) is 3. The van der Waals surface area contributed by atoms with Crippen molar-refractivity contribution < 1.29 is 24.3 Å². The molecule has 0 aromatic carbocycles. The number of imide groups is 1. The second-order valence-electron chi connectivity index (χ2n) is 2.41. The van der Waals surface area contributed by atoms with Crippen molar-refractivity contribution in [1.82, 2.24) is 5.32 Å². The summed E-state index contributed by atoms with van der Waals surface area (Å²) in [4.78, 5) is 21.0. The molecule has 62 valence electrons. The van der Waals surface area contributed by atoms with Crippen LogP contribution in [0.15, 0.2) is 0 Å². The van der Waals surface area contributed by atoms with Crippen molar-refractivity contribution in [3.63, 3.8) is 0 Å². The molecule has 1 fully saturated rings. The Morgan fingerprint density at radius 3 is 2.00 bits per heavy atom. The number of carbonyl (C=O) groups is 2. The van der Waals surface area contributed by atoms with Gasteiger partial charge >= 0.3 is 12.2 Å². The molecule has 1 saturated heterocycles. The number of rotatable bonds is 0. The molecule has 0 bridgehead atoms. The molecule has 0 spiro atoms. The first-order valence-electron chi connectivity index (χ1n) is 3.14. The maximum absolute atomic E-state index is 10.5. The summed E-state index contributed by atoms with van der Waals surface area (Å²) < 4.78 is -0.917. The summed E-state index contributed by atoms with van der Waals surface area (Å²) in [5, 5.41) is 19.9. The first-order valence-corrected chi connectivity index (χ1v) is 3.14. The highest BCUT2D eigenvalue weighted by atomic mass is 16.4. The highest BCUT2D eigenvalue weighted by Crippen LogP contribution is 2.10. The van der Waals surface area contributed by atoms with Crippen molar-refractivity contribution in [3.05, 3.63) is 0 Å². The van der Waals surface area contributed by atoms with E-state index in [1.165, 1.54) is 0 Å². The highest BCUT2D eigenvalue weighted by molar-refractivity contribution is 5.73. The fourth-order valence-electron chi connectivity index (χ4n) is 1.03. The zero-order valence-electron chi connectivity index (χ0n) is 5.78. The first-order chi connectivity index (χ1) is 5.09. The summed E-state index contributed by atoms with van der Waals surface area (Å²) in [6.07, 6.45) is -2.63. The molecule has 6 heteroatoms. The number of quaternary nitrogens is 1. The summed E-state index contributed by atoms with van der Waals surface area (Å²) >= 11 is 0. The predicted molar refractivity (Wildman–Crippen MR) is 34.0 cm³/mol. The summed E-state index contributed by atoms with van der Waals surface area (Å²) in [7, 11) is 0. The number of hydrogen-bond donors (Lipinski definition) is 3. The lowest BCUT2D eigenvalue weighted by Gasteiger charge is -2.18. The Balaban J connectivity index is 2.87. The fraction of sp³-hybridized carbons (Fsp3) is 0.600. The van der Waals surface area contributed by atoms with Gasteiger partial charge in [-0.15, -0.1) is 4.48 Å². The molecule has 11 heavy (non-hydrogen) atoms. The van der Waals surface area contributed by atoms with Crippen LogP contribution in [0.4, 0.5) is 9.59 Å². The van der Waals surface area contributed by atoms with Crippen LogP contribution < -0.4 is 5.32 Å². The maximum Gasteiger partial charge on any atom is 0.525 e. The Kier molecular flexibility index (Phi) is 1.79. The van der Waals surface area contributed by atoms with E-state index in [1.54, 1.807) is 0 Å². The van der Waals surface area contributed by atoms with Crippen molar-refractivity contribution in [2.75, 3.05) is 19.8 Å². The molecule has 1 aliphatic heterocycles. The van der Waals surface area contributed by atoms with Crippen molar-refractivity contribution in [2.45, 2.75) is 0 Å². The SMILES string of the molecule is O=C(O)[N+]1(C(=O)O)CCNC1. The predicted octanol–water partition coefficient (Wildman–Crippen LogP) is -0.280. The fourth-order valence-corrected chi connectivity index (χ4v) is 1.03. The summed E-state index contributed by atoms with van der Waals surface area (Å²) in [5.41, 5.74) is 0. The molecule has 6 nitrogen and oxygen atoms in total. The summed E-state index contributed by atoms with van der Waals surface area (Å²) in [6.45, 7) is 0.494. The Morgan fingerprint density at radius 1 is 1.27 bits per heavy atom. The molecule has 1 rings (SSSR count). The molecule has 0 aromatic rings. The molecule has 0 atom stereocenters. The van der Waals surface area contributed by atoms with Crippen molar-refractivity contribution in [2.24, 2.45) is 0 Å². The average molecular weight is 161 g/mol. The molecular weight excluding hydrogens is 152 g/mol. The molecule has 3 N–H and O–H groups in total. The molecule has 0 radical (unpaired) electrons. The van der Waals surface area contributed by atoms with Crippen LogP contribution >= 0.6 is 0 Å². The molecule has 1 heterocycles. The first kappa shape index (κ1) is 7.96. The lowest BCUT2D eigenvalue weighted by Crippen LogP contribution is -2.54. The molecular formula is C5H9N2O4+. The Labute approximate surface area is 62.6 Å². The number of carboxylic acid groups (broad SMARTS) is 2. The second kappa shape index (κ2) is 2.48. The van der Waals surface area contributed by atoms with Crippen LogP contribution in [0.2, 0.25) is 0 Å². The van der Waals surface area contributed by atoms with Crippen LogP contribution in [0.25, 0.3) is 0 Å². The van der Waals surface area contributed by atoms with Gasteiger partial charge in [0.1, 0.15) is 6.54 Å². The van der Waals surface area contributed by atoms with Crippen LogP contribution in [0.5, 0.6) is 0 Å². The van der Waals surface area contributed by atoms with E-state index in [4.69, 9.17) is 10.2 Å². The van der Waals surface area contributed by atoms with Gasteiger partial charge < -0.3 is 10.2 Å². The average Bonchev–Trinajstić information content (AvgIpc) is 2.34. The number of amides is 2. The maximum atomic E-state index is 10.5. The zero-order chi connectivity index (χ0) is 8.48. The summed E-state index contributed by atoms with van der Waals surface area (Å²) in [6, 6.07) is 0. The van der Waals surface area contributed by atoms with Crippen molar-refractivity contribution in [1.29, 1.82) is 0 Å². The smallest absolute Gasteiger partial charge is 0.435 e. The molecule has 1 aliphatic rings. The third kappa shape index (κ3) is 1.06. The van der Waals surface area contributed by atoms with E-state index in [2.05, 4.69) is 5.32 Å². The zero-order valence-corrected chi connectivity index (χ0v) is 5.78. The van der Waals surface area contributed by atoms with Gasteiger partial charge in [0, 0.05) is 0 Å². The quantitative estimate of drug-likeness (QED) is 0.425. The van der Waals surface area contributed by atoms with Gasteiger partial charge in [-0.05, 0) is 0 Å². The molecule has 2 amide bonds. The van der Waals surface area contributed by atoms with Gasteiger partial charge in [0.05, 0.1) is 6.54 Å².